The highest BCUT2D eigenvalue weighted by Gasteiger charge is 2.19. The number of amides is 1. The Labute approximate surface area is 247 Å². The average Bonchev–Trinajstić information content (AvgIpc) is 3.51. The summed E-state index contributed by atoms with van der Waals surface area (Å²) in [6.45, 7) is 3.11. The predicted molar refractivity (Wildman–Crippen MR) is 163 cm³/mol. The number of thiophene rings is 1. The maximum atomic E-state index is 14.3. The molecule has 6 rings (SSSR count). The highest BCUT2D eigenvalue weighted by atomic mass is 32.1. The molecule has 0 aliphatic carbocycles. The van der Waals surface area contributed by atoms with Gasteiger partial charge in [-0.15, -0.1) is 21.5 Å². The van der Waals surface area contributed by atoms with Crippen LogP contribution in [0.1, 0.15) is 16.7 Å². The predicted octanol–water partition coefficient (Wildman–Crippen LogP) is 5.56. The van der Waals surface area contributed by atoms with Crippen LogP contribution in [0, 0.1) is 5.82 Å². The zero-order valence-electron chi connectivity index (χ0n) is 23.1. The lowest BCUT2D eigenvalue weighted by atomic mass is 9.96. The van der Waals surface area contributed by atoms with Gasteiger partial charge in [0.05, 0.1) is 24.3 Å². The van der Waals surface area contributed by atoms with Crippen molar-refractivity contribution < 1.29 is 18.7 Å². The second-order valence-corrected chi connectivity index (χ2v) is 11.0. The molecule has 0 saturated heterocycles. The van der Waals surface area contributed by atoms with Crippen molar-refractivity contribution in [2.75, 3.05) is 32.9 Å². The van der Waals surface area contributed by atoms with E-state index in [1.165, 1.54) is 23.3 Å². The first-order chi connectivity index (χ1) is 20.7. The second-order valence-electron chi connectivity index (χ2n) is 10.1. The van der Waals surface area contributed by atoms with Crippen LogP contribution >= 0.6 is 11.3 Å². The topological polar surface area (TPSA) is 85.4 Å². The number of nitrogens with one attached hydrogen (secondary N) is 2. The minimum absolute atomic E-state index is 0.0543. The molecular weight excluding hydrogens is 551 g/mol. The lowest BCUT2D eigenvalue weighted by molar-refractivity contribution is -0.120. The van der Waals surface area contributed by atoms with Crippen LogP contribution in [0.15, 0.2) is 78.2 Å². The van der Waals surface area contributed by atoms with Crippen molar-refractivity contribution in [3.05, 3.63) is 101 Å². The maximum Gasteiger partial charge on any atom is 0.224 e. The number of aromatic nitrogens is 2. The van der Waals surface area contributed by atoms with Gasteiger partial charge in [-0.2, -0.15) is 0 Å². The Morgan fingerprint density at radius 2 is 1.83 bits per heavy atom. The molecule has 9 heteroatoms. The first-order valence-electron chi connectivity index (χ1n) is 14.0. The van der Waals surface area contributed by atoms with Gasteiger partial charge in [0.25, 0.3) is 0 Å². The number of ether oxygens (including phenoxy) is 2. The van der Waals surface area contributed by atoms with Gasteiger partial charge in [0.15, 0.2) is 0 Å². The fraction of sp³-hybridized carbons (Fsp3) is 0.242. The number of benzene rings is 3. The molecule has 42 heavy (non-hydrogen) atoms. The molecule has 1 aliphatic heterocycles. The summed E-state index contributed by atoms with van der Waals surface area (Å²) in [6, 6.07) is 22.6. The molecule has 3 aromatic carbocycles. The first kappa shape index (κ1) is 28.0. The van der Waals surface area contributed by atoms with Gasteiger partial charge in [-0.1, -0.05) is 42.5 Å². The van der Waals surface area contributed by atoms with Crippen LogP contribution < -0.4 is 15.4 Å². The number of halogens is 1. The zero-order chi connectivity index (χ0) is 28.7. The van der Waals surface area contributed by atoms with E-state index in [0.717, 1.165) is 46.4 Å². The second kappa shape index (κ2) is 13.2. The highest BCUT2D eigenvalue weighted by Crippen LogP contribution is 2.39. The van der Waals surface area contributed by atoms with Crippen LogP contribution in [0.2, 0.25) is 0 Å². The Balaban J connectivity index is 1.09. The number of fused-ring (bicyclic) bond motifs is 2. The van der Waals surface area contributed by atoms with Crippen LogP contribution in [-0.4, -0.2) is 49.0 Å². The van der Waals surface area contributed by atoms with Crippen LogP contribution in [0.25, 0.3) is 32.6 Å². The smallest absolute Gasteiger partial charge is 0.224 e. The quantitative estimate of drug-likeness (QED) is 0.198. The molecule has 1 amide bonds. The average molecular weight is 583 g/mol. The van der Waals surface area contributed by atoms with Crippen LogP contribution in [0.5, 0.6) is 5.75 Å². The van der Waals surface area contributed by atoms with Crippen LogP contribution in [-0.2, 0) is 28.9 Å². The third-order valence-electron chi connectivity index (χ3n) is 7.21. The number of hydrogen-bond donors (Lipinski definition) is 2. The summed E-state index contributed by atoms with van der Waals surface area (Å²) >= 11 is 1.58. The zero-order valence-corrected chi connectivity index (χ0v) is 23.9. The van der Waals surface area contributed by atoms with Crippen molar-refractivity contribution in [3.63, 3.8) is 0 Å². The summed E-state index contributed by atoms with van der Waals surface area (Å²) in [6.07, 6.45) is 1.32. The molecule has 0 saturated carbocycles. The number of rotatable bonds is 11. The van der Waals surface area contributed by atoms with Gasteiger partial charge in [0, 0.05) is 35.7 Å². The maximum absolute atomic E-state index is 14.3. The Bertz CT molecular complexity index is 1690. The van der Waals surface area contributed by atoms with Crippen molar-refractivity contribution in [1.29, 1.82) is 0 Å². The molecule has 2 N–H and O–H groups in total. The summed E-state index contributed by atoms with van der Waals surface area (Å²) in [5.41, 5.74) is 6.83. The number of hydrogen-bond acceptors (Lipinski definition) is 7. The number of nitrogens with zero attached hydrogens (tertiary/aromatic N) is 2. The van der Waals surface area contributed by atoms with Gasteiger partial charge in [0.2, 0.25) is 5.91 Å². The molecule has 214 valence electrons. The van der Waals surface area contributed by atoms with Crippen molar-refractivity contribution in [1.82, 2.24) is 20.8 Å². The molecule has 7 nitrogen and oxygen atoms in total. The number of carbonyl (C=O) groups is 1. The summed E-state index contributed by atoms with van der Waals surface area (Å²) in [5, 5.41) is 18.6. The van der Waals surface area contributed by atoms with Crippen molar-refractivity contribution in [2.24, 2.45) is 0 Å². The molecule has 0 bridgehead atoms. The van der Waals surface area contributed by atoms with Crippen molar-refractivity contribution in [2.45, 2.75) is 19.4 Å². The van der Waals surface area contributed by atoms with Gasteiger partial charge < -0.3 is 20.1 Å². The Hall–Kier alpha value is -4.18. The van der Waals surface area contributed by atoms with Gasteiger partial charge in [-0.05, 0) is 59.3 Å². The van der Waals surface area contributed by atoms with E-state index in [-0.39, 0.29) is 19.1 Å². The third kappa shape index (κ3) is 6.49. The van der Waals surface area contributed by atoms with E-state index in [2.05, 4.69) is 45.1 Å². The van der Waals surface area contributed by atoms with Gasteiger partial charge in [-0.25, -0.2) is 4.39 Å². The fourth-order valence-electron chi connectivity index (χ4n) is 5.12. The molecule has 3 heterocycles. The first-order valence-corrected chi connectivity index (χ1v) is 14.9. The molecule has 0 spiro atoms. The van der Waals surface area contributed by atoms with E-state index in [0.29, 0.717) is 36.6 Å². The molecule has 2 aromatic heterocycles. The molecule has 1 aliphatic rings. The standard InChI is InChI=1S/C33H31FN4O3S/c34-26-8-9-27(29(20-26)41-16-15-40-14-13-36-30(39)18-22-4-2-1-3-5-22)32-33-28(11-17-42-33)31(37-38-32)24-6-7-25-21-35-12-10-23(25)19-24/h1-9,11,17,19-20,35H,10,12-16,18,21H2,(H,36,39). The molecule has 0 fully saturated rings. The summed E-state index contributed by atoms with van der Waals surface area (Å²) in [7, 11) is 0. The molecule has 5 aromatic rings. The van der Waals surface area contributed by atoms with E-state index in [1.54, 1.807) is 17.4 Å². The fourth-order valence-corrected chi connectivity index (χ4v) is 6.02. The molecule has 0 unspecified atom stereocenters. The van der Waals surface area contributed by atoms with E-state index in [1.807, 2.05) is 35.7 Å². The third-order valence-corrected chi connectivity index (χ3v) is 8.13. The lowest BCUT2D eigenvalue weighted by Crippen LogP contribution is -2.29. The van der Waals surface area contributed by atoms with Gasteiger partial charge in [-0.3, -0.25) is 4.79 Å². The van der Waals surface area contributed by atoms with E-state index in [4.69, 9.17) is 9.47 Å². The SMILES string of the molecule is O=C(Cc1ccccc1)NCCOCCOc1cc(F)ccc1-c1nnc(-c2ccc3c(c2)CCNC3)c2ccsc12. The van der Waals surface area contributed by atoms with Crippen LogP contribution in [0.4, 0.5) is 4.39 Å². The Kier molecular flexibility index (Phi) is 8.79. The van der Waals surface area contributed by atoms with E-state index >= 15 is 0 Å². The Morgan fingerprint density at radius 3 is 2.74 bits per heavy atom. The minimum Gasteiger partial charge on any atom is -0.490 e. The minimum atomic E-state index is -0.397. The number of carbonyl (C=O) groups excluding carboxylic acids is 1. The van der Waals surface area contributed by atoms with Crippen molar-refractivity contribution in [3.8, 4) is 28.3 Å². The van der Waals surface area contributed by atoms with Crippen LogP contribution in [0.3, 0.4) is 0 Å². The monoisotopic (exact) mass is 582 g/mol. The largest absolute Gasteiger partial charge is 0.490 e. The normalized spacial score (nSPS) is 12.7. The highest BCUT2D eigenvalue weighted by molar-refractivity contribution is 7.17. The molecule has 0 radical (unpaired) electrons. The lowest BCUT2D eigenvalue weighted by Gasteiger charge is -2.18. The van der Waals surface area contributed by atoms with Gasteiger partial charge in [0.1, 0.15) is 29.6 Å². The van der Waals surface area contributed by atoms with E-state index < -0.39 is 5.82 Å². The van der Waals surface area contributed by atoms with E-state index in [9.17, 15) is 9.18 Å². The molecule has 0 atom stereocenters. The molecular formula is C33H31FN4O3S. The Morgan fingerprint density at radius 1 is 0.952 bits per heavy atom. The summed E-state index contributed by atoms with van der Waals surface area (Å²) < 4.78 is 26.8. The summed E-state index contributed by atoms with van der Waals surface area (Å²) in [4.78, 5) is 12.1. The summed E-state index contributed by atoms with van der Waals surface area (Å²) in [5.74, 6) is -0.0689. The van der Waals surface area contributed by atoms with Crippen molar-refractivity contribution >= 4 is 27.3 Å². The van der Waals surface area contributed by atoms with Gasteiger partial charge >= 0.3 is 0 Å².